The number of rotatable bonds is 18. The Morgan fingerprint density at radius 3 is 1.85 bits per heavy atom. The van der Waals surface area contributed by atoms with Gasteiger partial charge in [-0.25, -0.2) is 0 Å². The summed E-state index contributed by atoms with van der Waals surface area (Å²) >= 11 is 0. The van der Waals surface area contributed by atoms with Crippen molar-refractivity contribution in [1.82, 2.24) is 0 Å². The highest BCUT2D eigenvalue weighted by Crippen LogP contribution is 2.16. The first-order chi connectivity index (χ1) is 19.7. The molecule has 3 aromatic carbocycles. The van der Waals surface area contributed by atoms with Crippen molar-refractivity contribution in [3.63, 3.8) is 0 Å². The first-order valence-corrected chi connectivity index (χ1v) is 13.7. The Kier molecular flexibility index (Phi) is 14.4. The summed E-state index contributed by atoms with van der Waals surface area (Å²) in [5.41, 5.74) is 3.26. The second-order valence-corrected chi connectivity index (χ2v) is 9.39. The molecule has 0 saturated carbocycles. The summed E-state index contributed by atoms with van der Waals surface area (Å²) in [7, 11) is 3.29. The summed E-state index contributed by atoms with van der Waals surface area (Å²) in [4.78, 5) is 12.6. The van der Waals surface area contributed by atoms with E-state index in [-0.39, 0.29) is 18.3 Å². The van der Waals surface area contributed by atoms with Crippen LogP contribution in [0.5, 0.6) is 11.5 Å². The fourth-order valence-corrected chi connectivity index (χ4v) is 3.95. The lowest BCUT2D eigenvalue weighted by atomic mass is 10.1. The van der Waals surface area contributed by atoms with Gasteiger partial charge in [-0.15, -0.1) is 0 Å². The van der Waals surface area contributed by atoms with Crippen LogP contribution in [-0.2, 0) is 38.8 Å². The molecular formula is C34H40O6. The Hall–Kier alpha value is -3.63. The predicted octanol–water partition coefficient (Wildman–Crippen LogP) is 6.55. The fourth-order valence-electron chi connectivity index (χ4n) is 3.95. The molecule has 1 atom stereocenters. The zero-order chi connectivity index (χ0) is 28.3. The third kappa shape index (κ3) is 12.5. The molecule has 0 bridgehead atoms. The zero-order valence-corrected chi connectivity index (χ0v) is 23.6. The van der Waals surface area contributed by atoms with Crippen molar-refractivity contribution in [1.29, 1.82) is 0 Å². The van der Waals surface area contributed by atoms with Crippen LogP contribution in [0.1, 0.15) is 48.8 Å². The van der Waals surface area contributed by atoms with Crippen LogP contribution < -0.4 is 9.47 Å². The lowest BCUT2D eigenvalue weighted by Gasteiger charge is -2.17. The SMILES string of the molecule is COc1ccc(COCCCC#CC(=O)C[C@H](CCCOCc2ccccc2)OCc2ccc(OC)cc2)cc1. The van der Waals surface area contributed by atoms with E-state index in [9.17, 15) is 4.79 Å². The second-order valence-electron chi connectivity index (χ2n) is 9.39. The number of Topliss-reactive ketones (excluding diaryl/α,β-unsaturated/α-hetero) is 1. The quantitative estimate of drug-likeness (QED) is 0.103. The smallest absolute Gasteiger partial charge is 0.208 e. The van der Waals surface area contributed by atoms with Gasteiger partial charge in [0.25, 0.3) is 0 Å². The molecule has 0 saturated heterocycles. The Morgan fingerprint density at radius 2 is 1.25 bits per heavy atom. The largest absolute Gasteiger partial charge is 0.497 e. The van der Waals surface area contributed by atoms with Crippen molar-refractivity contribution in [2.45, 2.75) is 58.0 Å². The van der Waals surface area contributed by atoms with Crippen molar-refractivity contribution < 1.29 is 28.5 Å². The Morgan fingerprint density at radius 1 is 0.700 bits per heavy atom. The monoisotopic (exact) mass is 544 g/mol. The van der Waals surface area contributed by atoms with Crippen LogP contribution in [0.3, 0.4) is 0 Å². The van der Waals surface area contributed by atoms with E-state index in [1.165, 1.54) is 0 Å². The number of methoxy groups -OCH3 is 2. The first kappa shape index (κ1) is 30.9. The number of unbranched alkanes of at least 4 members (excludes halogenated alkanes) is 1. The molecule has 0 unspecified atom stereocenters. The number of hydrogen-bond donors (Lipinski definition) is 0. The molecule has 0 fully saturated rings. The van der Waals surface area contributed by atoms with Gasteiger partial charge in [0.15, 0.2) is 0 Å². The van der Waals surface area contributed by atoms with Crippen LogP contribution in [0, 0.1) is 11.8 Å². The highest BCUT2D eigenvalue weighted by molar-refractivity contribution is 5.95. The third-order valence-corrected chi connectivity index (χ3v) is 6.23. The van der Waals surface area contributed by atoms with Gasteiger partial charge < -0.3 is 23.7 Å². The molecule has 0 aromatic heterocycles. The van der Waals surface area contributed by atoms with Crippen LogP contribution in [0.4, 0.5) is 0 Å². The maximum atomic E-state index is 12.6. The summed E-state index contributed by atoms with van der Waals surface area (Å²) in [5.74, 6) is 7.30. The summed E-state index contributed by atoms with van der Waals surface area (Å²) in [5, 5.41) is 0. The Labute approximate surface area is 238 Å². The van der Waals surface area contributed by atoms with Gasteiger partial charge in [-0.05, 0) is 66.1 Å². The molecule has 0 heterocycles. The molecule has 6 heteroatoms. The van der Waals surface area contributed by atoms with Gasteiger partial charge in [0.05, 0.1) is 40.1 Å². The van der Waals surface area contributed by atoms with Crippen LogP contribution in [0.25, 0.3) is 0 Å². The topological polar surface area (TPSA) is 63.2 Å². The standard InChI is InChI=1S/C34H40O6/c1-36-32-18-14-29(15-19-32)26-38-22-8-4-7-12-31(35)24-34(40-27-30-16-20-33(37-2)21-17-30)13-9-23-39-25-28-10-5-3-6-11-28/h3,5-6,10-11,14-21,34H,4,8-9,13,22-27H2,1-2H3/t34-/m0/s1. The summed E-state index contributed by atoms with van der Waals surface area (Å²) < 4.78 is 28.1. The van der Waals surface area contributed by atoms with Crippen molar-refractivity contribution in [3.05, 3.63) is 95.6 Å². The maximum absolute atomic E-state index is 12.6. The molecule has 0 aliphatic heterocycles. The molecule has 0 amide bonds. The summed E-state index contributed by atoms with van der Waals surface area (Å²) in [6, 6.07) is 25.7. The van der Waals surface area contributed by atoms with Crippen molar-refractivity contribution in [2.24, 2.45) is 0 Å². The predicted molar refractivity (Wildman–Crippen MR) is 156 cm³/mol. The fraction of sp³-hybridized carbons (Fsp3) is 0.382. The van der Waals surface area contributed by atoms with Crippen molar-refractivity contribution in [2.75, 3.05) is 27.4 Å². The molecule has 0 N–H and O–H groups in total. The van der Waals surface area contributed by atoms with E-state index in [2.05, 4.69) is 11.8 Å². The molecule has 212 valence electrons. The van der Waals surface area contributed by atoms with Gasteiger partial charge in [0.2, 0.25) is 5.78 Å². The molecule has 0 aliphatic carbocycles. The van der Waals surface area contributed by atoms with E-state index in [1.807, 2.05) is 78.9 Å². The highest BCUT2D eigenvalue weighted by atomic mass is 16.5. The third-order valence-electron chi connectivity index (χ3n) is 6.23. The average Bonchev–Trinajstić information content (AvgIpc) is 3.00. The molecule has 0 aliphatic rings. The van der Waals surface area contributed by atoms with Crippen LogP contribution in [-0.4, -0.2) is 39.3 Å². The van der Waals surface area contributed by atoms with Gasteiger partial charge in [0.1, 0.15) is 11.5 Å². The highest BCUT2D eigenvalue weighted by Gasteiger charge is 2.14. The lowest BCUT2D eigenvalue weighted by molar-refractivity contribution is -0.117. The summed E-state index contributed by atoms with van der Waals surface area (Å²) in [6.07, 6.45) is 2.93. The summed E-state index contributed by atoms with van der Waals surface area (Å²) in [6.45, 7) is 2.73. The number of ether oxygens (including phenoxy) is 5. The number of ketones is 1. The second kappa shape index (κ2) is 18.6. The van der Waals surface area contributed by atoms with Gasteiger partial charge in [-0.2, -0.15) is 0 Å². The molecule has 6 nitrogen and oxygen atoms in total. The van der Waals surface area contributed by atoms with Gasteiger partial charge in [0, 0.05) is 26.1 Å². The lowest BCUT2D eigenvalue weighted by Crippen LogP contribution is -2.18. The van der Waals surface area contributed by atoms with E-state index >= 15 is 0 Å². The van der Waals surface area contributed by atoms with E-state index in [0.29, 0.717) is 39.5 Å². The van der Waals surface area contributed by atoms with Gasteiger partial charge in [-0.3, -0.25) is 4.79 Å². The molecule has 3 aromatic rings. The van der Waals surface area contributed by atoms with Gasteiger partial charge >= 0.3 is 0 Å². The molecular weight excluding hydrogens is 504 g/mol. The minimum Gasteiger partial charge on any atom is -0.497 e. The molecule has 40 heavy (non-hydrogen) atoms. The Bertz CT molecular complexity index is 1160. The average molecular weight is 545 g/mol. The number of carbonyl (C=O) groups excluding carboxylic acids is 1. The molecule has 0 spiro atoms. The normalized spacial score (nSPS) is 11.3. The van der Waals surface area contributed by atoms with Crippen LogP contribution >= 0.6 is 0 Å². The van der Waals surface area contributed by atoms with E-state index < -0.39 is 0 Å². The maximum Gasteiger partial charge on any atom is 0.208 e. The number of hydrogen-bond acceptors (Lipinski definition) is 6. The number of benzene rings is 3. The molecule has 3 rings (SSSR count). The van der Waals surface area contributed by atoms with Gasteiger partial charge in [-0.1, -0.05) is 60.5 Å². The minimum atomic E-state index is -0.225. The van der Waals surface area contributed by atoms with Crippen molar-refractivity contribution >= 4 is 5.78 Å². The minimum absolute atomic E-state index is 0.107. The van der Waals surface area contributed by atoms with Crippen LogP contribution in [0.2, 0.25) is 0 Å². The number of carbonyl (C=O) groups is 1. The van der Waals surface area contributed by atoms with E-state index in [1.54, 1.807) is 14.2 Å². The van der Waals surface area contributed by atoms with Crippen LogP contribution in [0.15, 0.2) is 78.9 Å². The van der Waals surface area contributed by atoms with E-state index in [4.69, 9.17) is 23.7 Å². The first-order valence-electron chi connectivity index (χ1n) is 13.7. The van der Waals surface area contributed by atoms with E-state index in [0.717, 1.165) is 47.5 Å². The molecule has 0 radical (unpaired) electrons. The Balaban J connectivity index is 1.38. The van der Waals surface area contributed by atoms with Crippen molar-refractivity contribution in [3.8, 4) is 23.3 Å². The zero-order valence-electron chi connectivity index (χ0n) is 23.6.